The van der Waals surface area contributed by atoms with E-state index in [0.29, 0.717) is 17.2 Å². The Morgan fingerprint density at radius 1 is 1.18 bits per heavy atom. The Balaban J connectivity index is 2.28. The lowest BCUT2D eigenvalue weighted by Crippen LogP contribution is -2.30. The average molecular weight is 365 g/mol. The number of rotatable bonds is 2. The maximum Gasteiger partial charge on any atom is 0.164 e. The van der Waals surface area contributed by atoms with Crippen molar-refractivity contribution in [2.24, 2.45) is 0 Å². The SMILES string of the molecule is C[C@H]1O[C@@H](n2c(Cl)c(C=O)c3cc(Cl)c(Cl)cc32)C(O)C1O. The molecule has 1 aliphatic rings. The standard InChI is InChI=1S/C14H12Cl3NO4/c1-5-11(20)12(21)14(22-5)18-10-3-9(16)8(15)2-6(10)7(4-19)13(18)17/h2-5,11-12,14,20-21H,1H3/t5-,11?,12?,14-/m1/s1. The number of aliphatic hydroxyl groups is 2. The molecule has 0 bridgehead atoms. The predicted molar refractivity (Wildman–Crippen MR) is 84.0 cm³/mol. The quantitative estimate of drug-likeness (QED) is 0.804. The minimum atomic E-state index is -1.18. The van der Waals surface area contributed by atoms with Gasteiger partial charge >= 0.3 is 0 Å². The summed E-state index contributed by atoms with van der Waals surface area (Å²) in [6.45, 7) is 1.64. The molecule has 0 amide bonds. The summed E-state index contributed by atoms with van der Waals surface area (Å²) < 4.78 is 7.02. The Bertz CT molecular complexity index is 760. The van der Waals surface area contributed by atoms with E-state index in [1.807, 2.05) is 0 Å². The second-order valence-corrected chi connectivity index (χ2v) is 6.36. The van der Waals surface area contributed by atoms with E-state index in [1.54, 1.807) is 13.0 Å². The highest BCUT2D eigenvalue weighted by Crippen LogP contribution is 2.40. The lowest BCUT2D eigenvalue weighted by molar-refractivity contribution is -0.0291. The molecule has 1 aromatic heterocycles. The third kappa shape index (κ3) is 2.24. The first kappa shape index (κ1) is 16.1. The van der Waals surface area contributed by atoms with E-state index >= 15 is 0 Å². The van der Waals surface area contributed by atoms with E-state index in [1.165, 1.54) is 10.6 Å². The third-order valence-corrected chi connectivity index (χ3v) is 4.98. The topological polar surface area (TPSA) is 71.7 Å². The maximum absolute atomic E-state index is 11.3. The molecule has 4 atom stereocenters. The van der Waals surface area contributed by atoms with Gasteiger partial charge in [-0.15, -0.1) is 0 Å². The van der Waals surface area contributed by atoms with Crippen LogP contribution in [0.1, 0.15) is 23.5 Å². The van der Waals surface area contributed by atoms with Crippen molar-refractivity contribution in [2.75, 3.05) is 0 Å². The molecule has 0 saturated carbocycles. The minimum Gasteiger partial charge on any atom is -0.388 e. The van der Waals surface area contributed by atoms with Crippen LogP contribution < -0.4 is 0 Å². The molecule has 2 N–H and O–H groups in total. The van der Waals surface area contributed by atoms with Gasteiger partial charge < -0.3 is 19.5 Å². The van der Waals surface area contributed by atoms with Crippen LogP contribution in [0.2, 0.25) is 15.2 Å². The fourth-order valence-electron chi connectivity index (χ4n) is 2.70. The number of aromatic nitrogens is 1. The van der Waals surface area contributed by atoms with Crippen molar-refractivity contribution in [1.82, 2.24) is 4.57 Å². The molecule has 8 heteroatoms. The summed E-state index contributed by atoms with van der Waals surface area (Å²) in [4.78, 5) is 11.3. The fourth-order valence-corrected chi connectivity index (χ4v) is 3.35. The second kappa shape index (κ2) is 5.67. The van der Waals surface area contributed by atoms with Crippen LogP contribution in [0.25, 0.3) is 10.9 Å². The molecule has 1 saturated heterocycles. The highest BCUT2D eigenvalue weighted by atomic mass is 35.5. The molecule has 0 radical (unpaired) electrons. The number of aldehydes is 1. The second-order valence-electron chi connectivity index (χ2n) is 5.19. The van der Waals surface area contributed by atoms with Gasteiger partial charge in [-0.05, 0) is 19.1 Å². The number of hydrogen-bond acceptors (Lipinski definition) is 4. The Kier molecular flexibility index (Phi) is 4.14. The molecular formula is C14H12Cl3NO4. The molecule has 3 rings (SSSR count). The number of fused-ring (bicyclic) bond motifs is 1. The Labute approximate surface area is 140 Å². The largest absolute Gasteiger partial charge is 0.388 e. The number of nitrogens with zero attached hydrogens (tertiary/aromatic N) is 1. The van der Waals surface area contributed by atoms with Crippen LogP contribution in [0.15, 0.2) is 12.1 Å². The van der Waals surface area contributed by atoms with Gasteiger partial charge in [-0.1, -0.05) is 34.8 Å². The van der Waals surface area contributed by atoms with Crippen LogP contribution in [0.3, 0.4) is 0 Å². The first-order chi connectivity index (χ1) is 10.4. The zero-order valence-electron chi connectivity index (χ0n) is 11.3. The first-order valence-corrected chi connectivity index (χ1v) is 7.65. The van der Waals surface area contributed by atoms with Gasteiger partial charge in [-0.2, -0.15) is 0 Å². The first-order valence-electron chi connectivity index (χ1n) is 6.52. The number of ether oxygens (including phenoxy) is 1. The molecule has 5 nitrogen and oxygen atoms in total. The van der Waals surface area contributed by atoms with Crippen LogP contribution in [0, 0.1) is 0 Å². The van der Waals surface area contributed by atoms with Crippen molar-refractivity contribution >= 4 is 52.0 Å². The molecule has 2 heterocycles. The van der Waals surface area contributed by atoms with Gasteiger partial charge in [-0.25, -0.2) is 0 Å². The summed E-state index contributed by atoms with van der Waals surface area (Å²) in [5.41, 5.74) is 0.715. The van der Waals surface area contributed by atoms with Gasteiger partial charge in [0.15, 0.2) is 12.5 Å². The zero-order valence-corrected chi connectivity index (χ0v) is 13.6. The van der Waals surface area contributed by atoms with E-state index < -0.39 is 24.5 Å². The summed E-state index contributed by atoms with van der Waals surface area (Å²) in [7, 11) is 0. The Hall–Kier alpha value is -0.820. The van der Waals surface area contributed by atoms with Crippen molar-refractivity contribution in [3.63, 3.8) is 0 Å². The molecule has 22 heavy (non-hydrogen) atoms. The van der Waals surface area contributed by atoms with E-state index in [2.05, 4.69) is 0 Å². The van der Waals surface area contributed by atoms with Crippen LogP contribution in [0.4, 0.5) is 0 Å². The summed E-state index contributed by atoms with van der Waals surface area (Å²) in [6.07, 6.45) is -3.13. The highest BCUT2D eigenvalue weighted by Gasteiger charge is 2.42. The Morgan fingerprint density at radius 3 is 2.36 bits per heavy atom. The molecule has 0 spiro atoms. The molecule has 1 aliphatic heterocycles. The van der Waals surface area contributed by atoms with Crippen molar-refractivity contribution < 1.29 is 19.7 Å². The van der Waals surface area contributed by atoms with E-state index in [-0.39, 0.29) is 20.8 Å². The van der Waals surface area contributed by atoms with Gasteiger partial charge in [0.2, 0.25) is 0 Å². The summed E-state index contributed by atoms with van der Waals surface area (Å²) >= 11 is 18.3. The molecule has 1 fully saturated rings. The van der Waals surface area contributed by atoms with Gasteiger partial charge in [0.1, 0.15) is 17.4 Å². The van der Waals surface area contributed by atoms with Crippen molar-refractivity contribution in [3.05, 3.63) is 32.9 Å². The van der Waals surface area contributed by atoms with E-state index in [9.17, 15) is 15.0 Å². The van der Waals surface area contributed by atoms with Crippen LogP contribution >= 0.6 is 34.8 Å². The van der Waals surface area contributed by atoms with Crippen LogP contribution in [-0.4, -0.2) is 39.4 Å². The predicted octanol–water partition coefficient (Wildman–Crippen LogP) is 3.05. The number of carbonyl (C=O) groups excluding carboxylic acids is 1. The van der Waals surface area contributed by atoms with E-state index in [4.69, 9.17) is 39.5 Å². The smallest absolute Gasteiger partial charge is 0.164 e. The maximum atomic E-state index is 11.3. The summed E-state index contributed by atoms with van der Waals surface area (Å²) in [5.74, 6) is 0. The normalized spacial score (nSPS) is 28.5. The lowest BCUT2D eigenvalue weighted by atomic mass is 10.1. The fraction of sp³-hybridized carbons (Fsp3) is 0.357. The van der Waals surface area contributed by atoms with Gasteiger partial charge in [-0.3, -0.25) is 4.79 Å². The molecule has 118 valence electrons. The Morgan fingerprint density at radius 2 is 1.82 bits per heavy atom. The minimum absolute atomic E-state index is 0.0914. The number of halogens is 3. The van der Waals surface area contributed by atoms with Gasteiger partial charge in [0.05, 0.1) is 27.2 Å². The summed E-state index contributed by atoms with van der Waals surface area (Å²) in [5, 5.41) is 21.2. The molecule has 2 unspecified atom stereocenters. The number of aliphatic hydroxyl groups excluding tert-OH is 2. The van der Waals surface area contributed by atoms with Crippen molar-refractivity contribution in [3.8, 4) is 0 Å². The summed E-state index contributed by atoms with van der Waals surface area (Å²) in [6, 6.07) is 3.08. The monoisotopic (exact) mass is 363 g/mol. The van der Waals surface area contributed by atoms with Crippen molar-refractivity contribution in [2.45, 2.75) is 31.5 Å². The average Bonchev–Trinajstić information content (AvgIpc) is 2.87. The third-order valence-electron chi connectivity index (χ3n) is 3.87. The van der Waals surface area contributed by atoms with Gasteiger partial charge in [0.25, 0.3) is 0 Å². The zero-order chi connectivity index (χ0) is 16.2. The number of benzene rings is 1. The highest BCUT2D eigenvalue weighted by molar-refractivity contribution is 6.43. The number of carbonyl (C=O) groups is 1. The van der Waals surface area contributed by atoms with Crippen LogP contribution in [0.5, 0.6) is 0 Å². The van der Waals surface area contributed by atoms with Crippen molar-refractivity contribution in [1.29, 1.82) is 0 Å². The lowest BCUT2D eigenvalue weighted by Gasteiger charge is -2.19. The van der Waals surface area contributed by atoms with Gasteiger partial charge in [0, 0.05) is 5.39 Å². The molecule has 0 aliphatic carbocycles. The number of hydrogen-bond donors (Lipinski definition) is 2. The van der Waals surface area contributed by atoms with E-state index in [0.717, 1.165) is 0 Å². The molecule has 2 aromatic rings. The van der Waals surface area contributed by atoms with Crippen LogP contribution in [-0.2, 0) is 4.74 Å². The molecular weight excluding hydrogens is 353 g/mol. The molecule has 1 aromatic carbocycles.